The van der Waals surface area contributed by atoms with Crippen molar-refractivity contribution in [3.05, 3.63) is 41.2 Å². The summed E-state index contributed by atoms with van der Waals surface area (Å²) in [5.41, 5.74) is 2.27. The number of ether oxygens (including phenoxy) is 1. The average Bonchev–Trinajstić information content (AvgIpc) is 2.80. The van der Waals surface area contributed by atoms with E-state index < -0.39 is 28.8 Å². The van der Waals surface area contributed by atoms with Gasteiger partial charge in [-0.15, -0.1) is 0 Å². The Morgan fingerprint density at radius 1 is 1.28 bits per heavy atom. The Morgan fingerprint density at radius 2 is 1.92 bits per heavy atom. The molecular weight excluding hydrogens is 342 g/mol. The molecule has 0 unspecified atom stereocenters. The molecule has 0 aliphatic rings. The predicted molar refractivity (Wildman–Crippen MR) is 95.0 cm³/mol. The molecule has 25 heavy (non-hydrogen) atoms. The standard InChI is InChI=1S/C17H21N3O4S/c1-10-15(11(2)20(4)19-10)18-16(21)12(3)24-17(22)13-8-6-7-9-14(13)25(5)23/h6-9,12H,1-5H3,(H,18,21)/t12-,25-/m1/s1. The van der Waals surface area contributed by atoms with Crippen LogP contribution in [0.15, 0.2) is 29.2 Å². The van der Waals surface area contributed by atoms with Crippen LogP contribution in [0.3, 0.4) is 0 Å². The molecule has 7 nitrogen and oxygen atoms in total. The summed E-state index contributed by atoms with van der Waals surface area (Å²) in [6.45, 7) is 5.10. The highest BCUT2D eigenvalue weighted by molar-refractivity contribution is 7.84. The summed E-state index contributed by atoms with van der Waals surface area (Å²) >= 11 is 0. The number of nitrogens with one attached hydrogen (secondary N) is 1. The fraction of sp³-hybridized carbons (Fsp3) is 0.353. The number of nitrogens with zero attached hydrogens (tertiary/aromatic N) is 2. The SMILES string of the molecule is Cc1nn(C)c(C)c1NC(=O)[C@@H](C)OC(=O)c1ccccc1[S@@](C)=O. The zero-order valence-electron chi connectivity index (χ0n) is 14.8. The van der Waals surface area contributed by atoms with Crippen molar-refractivity contribution < 1.29 is 18.5 Å². The molecule has 0 aliphatic carbocycles. The van der Waals surface area contributed by atoms with Crippen LogP contribution in [-0.4, -0.2) is 38.2 Å². The molecule has 1 N–H and O–H groups in total. The van der Waals surface area contributed by atoms with E-state index >= 15 is 0 Å². The molecule has 1 aromatic heterocycles. The van der Waals surface area contributed by atoms with Crippen LogP contribution in [0.1, 0.15) is 28.7 Å². The summed E-state index contributed by atoms with van der Waals surface area (Å²) < 4.78 is 18.6. The maximum Gasteiger partial charge on any atom is 0.340 e. The lowest BCUT2D eigenvalue weighted by Crippen LogP contribution is -2.30. The third-order valence-electron chi connectivity index (χ3n) is 3.83. The number of aromatic nitrogens is 2. The maximum absolute atomic E-state index is 12.3. The molecule has 0 saturated heterocycles. The third kappa shape index (κ3) is 4.14. The molecule has 0 saturated carbocycles. The molecule has 0 aliphatic heterocycles. The first-order valence-electron chi connectivity index (χ1n) is 7.66. The van der Waals surface area contributed by atoms with Crippen LogP contribution >= 0.6 is 0 Å². The van der Waals surface area contributed by atoms with Crippen molar-refractivity contribution >= 4 is 28.4 Å². The first-order chi connectivity index (χ1) is 11.7. The van der Waals surface area contributed by atoms with E-state index in [1.807, 2.05) is 6.92 Å². The van der Waals surface area contributed by atoms with Gasteiger partial charge in [0.25, 0.3) is 5.91 Å². The first-order valence-corrected chi connectivity index (χ1v) is 9.22. The molecule has 0 bridgehead atoms. The van der Waals surface area contributed by atoms with Crippen molar-refractivity contribution in [2.75, 3.05) is 11.6 Å². The van der Waals surface area contributed by atoms with Crippen LogP contribution < -0.4 is 5.32 Å². The minimum absolute atomic E-state index is 0.191. The number of anilines is 1. The Kier molecular flexibility index (Phi) is 5.73. The van der Waals surface area contributed by atoms with Gasteiger partial charge in [0, 0.05) is 13.3 Å². The third-order valence-corrected chi connectivity index (χ3v) is 4.80. The highest BCUT2D eigenvalue weighted by Gasteiger charge is 2.23. The number of rotatable bonds is 5. The molecule has 0 radical (unpaired) electrons. The molecule has 1 heterocycles. The first kappa shape index (κ1) is 18.9. The van der Waals surface area contributed by atoms with Gasteiger partial charge in [-0.25, -0.2) is 4.79 Å². The largest absolute Gasteiger partial charge is 0.449 e. The van der Waals surface area contributed by atoms with Gasteiger partial charge in [-0.3, -0.25) is 13.7 Å². The normalized spacial score (nSPS) is 13.2. The lowest BCUT2D eigenvalue weighted by molar-refractivity contribution is -0.123. The zero-order chi connectivity index (χ0) is 18.7. The summed E-state index contributed by atoms with van der Waals surface area (Å²) in [6, 6.07) is 6.47. The van der Waals surface area contributed by atoms with Gasteiger partial charge < -0.3 is 10.1 Å². The Morgan fingerprint density at radius 3 is 2.48 bits per heavy atom. The number of aryl methyl sites for hydroxylation is 2. The maximum atomic E-state index is 12.3. The lowest BCUT2D eigenvalue weighted by atomic mass is 10.2. The predicted octanol–water partition coefficient (Wildman–Crippen LogP) is 1.96. The van der Waals surface area contributed by atoms with Gasteiger partial charge in [-0.1, -0.05) is 12.1 Å². The second kappa shape index (κ2) is 7.60. The topological polar surface area (TPSA) is 90.3 Å². The monoisotopic (exact) mass is 363 g/mol. The smallest absolute Gasteiger partial charge is 0.340 e. The van der Waals surface area contributed by atoms with Gasteiger partial charge >= 0.3 is 5.97 Å². The fourth-order valence-electron chi connectivity index (χ4n) is 2.34. The number of hydrogen-bond donors (Lipinski definition) is 1. The van der Waals surface area contributed by atoms with E-state index in [0.717, 1.165) is 5.69 Å². The van der Waals surface area contributed by atoms with Crippen LogP contribution in [0.4, 0.5) is 5.69 Å². The van der Waals surface area contributed by atoms with Crippen LogP contribution in [-0.2, 0) is 27.4 Å². The summed E-state index contributed by atoms with van der Waals surface area (Å²) in [4.78, 5) is 25.0. The molecule has 1 amide bonds. The highest BCUT2D eigenvalue weighted by atomic mass is 32.2. The van der Waals surface area contributed by atoms with Crippen LogP contribution in [0.5, 0.6) is 0 Å². The molecule has 0 spiro atoms. The van der Waals surface area contributed by atoms with Crippen molar-refractivity contribution in [3.63, 3.8) is 0 Å². The molecule has 2 atom stereocenters. The Hall–Kier alpha value is -2.48. The van der Waals surface area contributed by atoms with E-state index in [-0.39, 0.29) is 5.56 Å². The Bertz CT molecular complexity index is 844. The van der Waals surface area contributed by atoms with Crippen molar-refractivity contribution in [1.82, 2.24) is 9.78 Å². The average molecular weight is 363 g/mol. The lowest BCUT2D eigenvalue weighted by Gasteiger charge is -2.14. The van der Waals surface area contributed by atoms with E-state index in [2.05, 4.69) is 10.4 Å². The van der Waals surface area contributed by atoms with Gasteiger partial charge in [0.15, 0.2) is 6.10 Å². The van der Waals surface area contributed by atoms with Crippen molar-refractivity contribution in [2.45, 2.75) is 31.8 Å². The molecule has 8 heteroatoms. The number of carbonyl (C=O) groups excluding carboxylic acids is 2. The minimum atomic E-state index is -1.33. The highest BCUT2D eigenvalue weighted by Crippen LogP contribution is 2.19. The molecule has 2 aromatic rings. The second-order valence-electron chi connectivity index (χ2n) is 5.66. The van der Waals surface area contributed by atoms with E-state index in [1.165, 1.54) is 19.2 Å². The van der Waals surface area contributed by atoms with Crippen molar-refractivity contribution in [2.24, 2.45) is 7.05 Å². The number of amides is 1. The van der Waals surface area contributed by atoms with Gasteiger partial charge in [0.1, 0.15) is 0 Å². The van der Waals surface area contributed by atoms with Crippen molar-refractivity contribution in [1.29, 1.82) is 0 Å². The summed E-state index contributed by atoms with van der Waals surface area (Å²) in [7, 11) is 0.447. The molecular formula is C17H21N3O4S. The number of benzene rings is 1. The Labute approximate surface area is 148 Å². The summed E-state index contributed by atoms with van der Waals surface area (Å²) in [5, 5.41) is 6.96. The van der Waals surface area contributed by atoms with Crippen LogP contribution in [0.2, 0.25) is 0 Å². The molecule has 134 valence electrons. The Balaban J connectivity index is 2.11. The summed E-state index contributed by atoms with van der Waals surface area (Å²) in [5.74, 6) is -1.14. The fourth-order valence-corrected chi connectivity index (χ4v) is 3.07. The number of hydrogen-bond acceptors (Lipinski definition) is 5. The number of carbonyl (C=O) groups is 2. The molecule has 1 aromatic carbocycles. The van der Waals surface area contributed by atoms with Crippen molar-refractivity contribution in [3.8, 4) is 0 Å². The van der Waals surface area contributed by atoms with Gasteiger partial charge in [-0.2, -0.15) is 5.10 Å². The quantitative estimate of drug-likeness (QED) is 0.820. The van der Waals surface area contributed by atoms with Gasteiger partial charge in [0.05, 0.1) is 38.3 Å². The van der Waals surface area contributed by atoms with Crippen LogP contribution in [0, 0.1) is 13.8 Å². The van der Waals surface area contributed by atoms with Gasteiger partial charge in [0.2, 0.25) is 0 Å². The minimum Gasteiger partial charge on any atom is -0.449 e. The zero-order valence-corrected chi connectivity index (χ0v) is 15.6. The van der Waals surface area contributed by atoms with Crippen LogP contribution in [0.25, 0.3) is 0 Å². The molecule has 0 fully saturated rings. The second-order valence-corrected chi connectivity index (χ2v) is 7.00. The van der Waals surface area contributed by atoms with E-state index in [0.29, 0.717) is 16.3 Å². The molecule has 2 rings (SSSR count). The summed E-state index contributed by atoms with van der Waals surface area (Å²) in [6.07, 6.45) is 0.473. The van der Waals surface area contributed by atoms with Gasteiger partial charge in [-0.05, 0) is 32.9 Å². The van der Waals surface area contributed by atoms with E-state index in [4.69, 9.17) is 4.74 Å². The van der Waals surface area contributed by atoms with E-state index in [9.17, 15) is 13.8 Å². The number of esters is 1. The van der Waals surface area contributed by atoms with E-state index in [1.54, 1.807) is 36.9 Å².